The first-order chi connectivity index (χ1) is 10.1. The summed E-state index contributed by atoms with van der Waals surface area (Å²) in [7, 11) is -2.97. The monoisotopic (exact) mass is 301 g/mol. The summed E-state index contributed by atoms with van der Waals surface area (Å²) in [5.74, 6) is 0.0722. The second-order valence-electron chi connectivity index (χ2n) is 5.83. The molecule has 108 valence electrons. The Kier molecular flexibility index (Phi) is 2.63. The van der Waals surface area contributed by atoms with Gasteiger partial charge in [-0.05, 0) is 23.3 Å². The highest BCUT2D eigenvalue weighted by molar-refractivity contribution is 7.92. The highest BCUT2D eigenvalue weighted by Crippen LogP contribution is 2.34. The van der Waals surface area contributed by atoms with Gasteiger partial charge in [-0.15, -0.1) is 0 Å². The number of fused-ring (bicyclic) bond motifs is 3. The van der Waals surface area contributed by atoms with Crippen LogP contribution in [0.1, 0.15) is 16.8 Å². The van der Waals surface area contributed by atoms with E-state index in [9.17, 15) is 13.2 Å². The Balaban J connectivity index is 1.73. The fourth-order valence-corrected chi connectivity index (χ4v) is 5.54. The number of carbonyl (C=O) groups excluding carboxylic acids is 1. The molecule has 2 fully saturated rings. The van der Waals surface area contributed by atoms with E-state index in [0.717, 1.165) is 10.8 Å². The van der Waals surface area contributed by atoms with Gasteiger partial charge in [0.1, 0.15) is 0 Å². The predicted octanol–water partition coefficient (Wildman–Crippen LogP) is 1.85. The molecule has 2 aromatic rings. The lowest BCUT2D eigenvalue weighted by atomic mass is 10.0. The van der Waals surface area contributed by atoms with Gasteiger partial charge in [0.05, 0.1) is 11.0 Å². The highest BCUT2D eigenvalue weighted by Gasteiger charge is 2.50. The molecule has 4 rings (SSSR count). The van der Waals surface area contributed by atoms with Crippen LogP contribution >= 0.6 is 0 Å². The van der Waals surface area contributed by atoms with Crippen molar-refractivity contribution in [3.63, 3.8) is 0 Å². The number of hydrogen-bond acceptors (Lipinski definition) is 3. The van der Waals surface area contributed by atoms with Crippen LogP contribution in [-0.4, -0.2) is 42.8 Å². The van der Waals surface area contributed by atoms with Gasteiger partial charge in [0.2, 0.25) is 0 Å². The van der Waals surface area contributed by atoms with Crippen molar-refractivity contribution < 1.29 is 13.2 Å². The third kappa shape index (κ3) is 1.87. The summed E-state index contributed by atoms with van der Waals surface area (Å²) in [6.07, 6.45) is 0.596. The van der Waals surface area contributed by atoms with Gasteiger partial charge in [0, 0.05) is 18.2 Å². The van der Waals surface area contributed by atoms with Crippen molar-refractivity contribution in [2.75, 3.05) is 12.3 Å². The largest absolute Gasteiger partial charge is 0.333 e. The number of hydrogen-bond donors (Lipinski definition) is 0. The molecule has 0 N–H and O–H groups in total. The number of nitrogens with zero attached hydrogens (tertiary/aromatic N) is 1. The van der Waals surface area contributed by atoms with E-state index in [1.165, 1.54) is 0 Å². The van der Waals surface area contributed by atoms with E-state index in [1.807, 2.05) is 42.5 Å². The predicted molar refractivity (Wildman–Crippen MR) is 81.0 cm³/mol. The van der Waals surface area contributed by atoms with E-state index < -0.39 is 9.84 Å². The first-order valence-corrected chi connectivity index (χ1v) is 8.78. The van der Waals surface area contributed by atoms with E-state index in [4.69, 9.17) is 0 Å². The Bertz CT molecular complexity index is 838. The average Bonchev–Trinajstić information content (AvgIpc) is 3.01. The van der Waals surface area contributed by atoms with Crippen molar-refractivity contribution in [1.82, 2.24) is 4.90 Å². The summed E-state index contributed by atoms with van der Waals surface area (Å²) >= 11 is 0. The van der Waals surface area contributed by atoms with Crippen LogP contribution in [0.25, 0.3) is 10.8 Å². The minimum absolute atomic E-state index is 0.0470. The lowest BCUT2D eigenvalue weighted by molar-refractivity contribution is 0.0748. The van der Waals surface area contributed by atoms with Crippen LogP contribution < -0.4 is 0 Å². The Labute approximate surface area is 123 Å². The molecule has 2 aromatic carbocycles. The molecule has 0 radical (unpaired) electrons. The van der Waals surface area contributed by atoms with Gasteiger partial charge in [-0.25, -0.2) is 8.42 Å². The zero-order valence-electron chi connectivity index (χ0n) is 11.4. The number of carbonyl (C=O) groups is 1. The second kappa shape index (κ2) is 4.31. The molecule has 2 saturated heterocycles. The van der Waals surface area contributed by atoms with E-state index in [1.54, 1.807) is 4.90 Å². The van der Waals surface area contributed by atoms with E-state index >= 15 is 0 Å². The molecular formula is C16H15NO3S. The summed E-state index contributed by atoms with van der Waals surface area (Å²) in [6, 6.07) is 13.3. The van der Waals surface area contributed by atoms with Gasteiger partial charge in [-0.3, -0.25) is 4.79 Å². The topological polar surface area (TPSA) is 54.5 Å². The maximum absolute atomic E-state index is 12.8. The van der Waals surface area contributed by atoms with Crippen LogP contribution in [0.15, 0.2) is 42.5 Å². The van der Waals surface area contributed by atoms with Crippen LogP contribution in [0.2, 0.25) is 0 Å². The van der Waals surface area contributed by atoms with Crippen LogP contribution in [0.5, 0.6) is 0 Å². The van der Waals surface area contributed by atoms with Gasteiger partial charge in [0.15, 0.2) is 9.84 Å². The summed E-state index contributed by atoms with van der Waals surface area (Å²) in [4.78, 5) is 14.5. The third-order valence-electron chi connectivity index (χ3n) is 4.59. The summed E-state index contributed by atoms with van der Waals surface area (Å²) in [6.45, 7) is 0.342. The number of amides is 1. The average molecular weight is 301 g/mol. The first kappa shape index (κ1) is 12.8. The lowest BCUT2D eigenvalue weighted by Gasteiger charge is -2.27. The fraction of sp³-hybridized carbons (Fsp3) is 0.312. The number of likely N-dealkylation sites (tertiary alicyclic amines) is 1. The van der Waals surface area contributed by atoms with Crippen molar-refractivity contribution >= 4 is 26.5 Å². The zero-order chi connectivity index (χ0) is 14.6. The molecule has 0 saturated carbocycles. The van der Waals surface area contributed by atoms with Crippen molar-refractivity contribution in [1.29, 1.82) is 0 Å². The SMILES string of the molecule is O=C(c1cccc2ccccc12)N1CC2CC1CS2(=O)=O. The van der Waals surface area contributed by atoms with Crippen LogP contribution in [0.4, 0.5) is 0 Å². The van der Waals surface area contributed by atoms with Crippen LogP contribution in [-0.2, 0) is 9.84 Å². The third-order valence-corrected chi connectivity index (χ3v) is 6.80. The summed E-state index contributed by atoms with van der Waals surface area (Å²) in [5, 5.41) is 1.59. The molecule has 2 heterocycles. The molecule has 1 amide bonds. The molecule has 2 aliphatic heterocycles. The molecule has 0 aromatic heterocycles. The lowest BCUT2D eigenvalue weighted by Crippen LogP contribution is -2.44. The minimum Gasteiger partial charge on any atom is -0.333 e. The summed E-state index contributed by atoms with van der Waals surface area (Å²) in [5.41, 5.74) is 0.665. The first-order valence-electron chi connectivity index (χ1n) is 7.06. The van der Waals surface area contributed by atoms with Gasteiger partial charge in [-0.1, -0.05) is 36.4 Å². The Morgan fingerprint density at radius 2 is 1.86 bits per heavy atom. The minimum atomic E-state index is -2.97. The number of rotatable bonds is 1. The van der Waals surface area contributed by atoms with Gasteiger partial charge in [0.25, 0.3) is 5.91 Å². The second-order valence-corrected chi connectivity index (χ2v) is 8.15. The van der Waals surface area contributed by atoms with Crippen molar-refractivity contribution in [3.05, 3.63) is 48.0 Å². The maximum atomic E-state index is 12.8. The number of sulfone groups is 1. The quantitative estimate of drug-likeness (QED) is 0.808. The van der Waals surface area contributed by atoms with E-state index in [-0.39, 0.29) is 23.0 Å². The normalized spacial score (nSPS) is 26.4. The van der Waals surface area contributed by atoms with Crippen molar-refractivity contribution in [2.45, 2.75) is 17.7 Å². The standard InChI is InChI=1S/C16H15NO3S/c18-16(17-9-13-8-12(17)10-21(13,19)20)15-7-3-5-11-4-1-2-6-14(11)15/h1-7,12-13H,8-10H2. The van der Waals surface area contributed by atoms with Crippen molar-refractivity contribution in [2.24, 2.45) is 0 Å². The van der Waals surface area contributed by atoms with Crippen LogP contribution in [0.3, 0.4) is 0 Å². The molecule has 21 heavy (non-hydrogen) atoms. The Morgan fingerprint density at radius 3 is 2.57 bits per heavy atom. The molecule has 2 atom stereocenters. The van der Waals surface area contributed by atoms with Crippen molar-refractivity contribution in [3.8, 4) is 0 Å². The van der Waals surface area contributed by atoms with Gasteiger partial charge >= 0.3 is 0 Å². The van der Waals surface area contributed by atoms with Gasteiger partial charge in [-0.2, -0.15) is 0 Å². The smallest absolute Gasteiger partial charge is 0.254 e. The molecule has 0 spiro atoms. The highest BCUT2D eigenvalue weighted by atomic mass is 32.2. The Morgan fingerprint density at radius 1 is 1.10 bits per heavy atom. The van der Waals surface area contributed by atoms with E-state index in [2.05, 4.69) is 0 Å². The van der Waals surface area contributed by atoms with Gasteiger partial charge < -0.3 is 4.90 Å². The molecule has 2 bridgehead atoms. The molecule has 5 heteroatoms. The molecule has 0 aliphatic carbocycles. The maximum Gasteiger partial charge on any atom is 0.254 e. The molecule has 4 nitrogen and oxygen atoms in total. The molecule has 2 unspecified atom stereocenters. The zero-order valence-corrected chi connectivity index (χ0v) is 12.2. The summed E-state index contributed by atoms with van der Waals surface area (Å²) < 4.78 is 23.6. The van der Waals surface area contributed by atoms with Crippen LogP contribution in [0, 0.1) is 0 Å². The Hall–Kier alpha value is -1.88. The molecule has 2 aliphatic rings. The number of benzene rings is 2. The van der Waals surface area contributed by atoms with E-state index in [0.29, 0.717) is 18.5 Å². The fourth-order valence-electron chi connectivity index (χ4n) is 3.51. The molecular weight excluding hydrogens is 286 g/mol.